The molecule has 4 saturated heterocycles. The molecular weight excluding hydrogens is 845 g/mol. The number of alkyl carbamates (subject to hydrolysis) is 2. The van der Waals surface area contributed by atoms with Crippen LogP contribution in [0.5, 0.6) is 0 Å². The summed E-state index contributed by atoms with van der Waals surface area (Å²) in [5.74, 6) is -0.180. The summed E-state index contributed by atoms with van der Waals surface area (Å²) in [5, 5.41) is 7.57. The summed E-state index contributed by atoms with van der Waals surface area (Å²) in [6.07, 6.45) is 3.74. The predicted molar refractivity (Wildman–Crippen MR) is 242 cm³/mol. The molecule has 342 valence electrons. The second-order valence-electron chi connectivity index (χ2n) is 17.3. The van der Waals surface area contributed by atoms with E-state index in [0.29, 0.717) is 63.6 Å². The van der Waals surface area contributed by atoms with Gasteiger partial charge in [-0.25, -0.2) is 19.6 Å². The number of ether oxygens (including phenoxy) is 5. The molecular formula is C49H52N8O9. The Kier molecular flexibility index (Phi) is 11.9. The maximum atomic E-state index is 14.4. The number of likely N-dealkylation sites (tertiary alicyclic amines) is 2. The quantitative estimate of drug-likeness (QED) is 0.114. The summed E-state index contributed by atoms with van der Waals surface area (Å²) in [7, 11) is 2.57. The van der Waals surface area contributed by atoms with E-state index >= 15 is 0 Å². The molecule has 66 heavy (non-hydrogen) atoms. The van der Waals surface area contributed by atoms with Crippen LogP contribution in [0.2, 0.25) is 0 Å². The van der Waals surface area contributed by atoms with Gasteiger partial charge in [-0.05, 0) is 71.4 Å². The summed E-state index contributed by atoms with van der Waals surface area (Å²) >= 11 is 0. The highest BCUT2D eigenvalue weighted by atomic mass is 16.7. The van der Waals surface area contributed by atoms with Gasteiger partial charge in [-0.3, -0.25) is 9.59 Å². The molecule has 4 aromatic carbocycles. The molecule has 0 bridgehead atoms. The normalized spacial score (nSPS) is 20.5. The first-order valence-corrected chi connectivity index (χ1v) is 22.5. The van der Waals surface area contributed by atoms with E-state index in [1.54, 1.807) is 23.2 Å². The maximum Gasteiger partial charge on any atom is 0.407 e. The highest BCUT2D eigenvalue weighted by Gasteiger charge is 2.53. The zero-order chi connectivity index (χ0) is 45.4. The van der Waals surface area contributed by atoms with Gasteiger partial charge in [0.1, 0.15) is 23.7 Å². The van der Waals surface area contributed by atoms with Crippen molar-refractivity contribution in [3.05, 3.63) is 108 Å². The van der Waals surface area contributed by atoms with Crippen LogP contribution in [0.3, 0.4) is 0 Å². The molecule has 4 aliphatic heterocycles. The van der Waals surface area contributed by atoms with Crippen molar-refractivity contribution in [3.63, 3.8) is 0 Å². The molecule has 6 heterocycles. The van der Waals surface area contributed by atoms with Crippen molar-refractivity contribution in [2.24, 2.45) is 5.92 Å². The molecule has 10 rings (SSSR count). The molecule has 0 unspecified atom stereocenters. The Morgan fingerprint density at radius 1 is 0.758 bits per heavy atom. The molecule has 1 spiro atoms. The number of carbonyl (C=O) groups is 4. The van der Waals surface area contributed by atoms with Crippen molar-refractivity contribution in [2.45, 2.75) is 62.1 Å². The number of nitrogens with zero attached hydrogens (tertiary/aromatic N) is 4. The van der Waals surface area contributed by atoms with E-state index in [9.17, 15) is 19.2 Å². The predicted octanol–water partition coefficient (Wildman–Crippen LogP) is 6.70. The molecule has 17 nitrogen and oxygen atoms in total. The number of fused-ring (bicyclic) bond motifs is 3. The zero-order valence-corrected chi connectivity index (χ0v) is 36.8. The molecule has 4 atom stereocenters. The van der Waals surface area contributed by atoms with Crippen LogP contribution in [0.4, 0.5) is 9.59 Å². The minimum atomic E-state index is -1.00. The van der Waals surface area contributed by atoms with Gasteiger partial charge in [0.05, 0.1) is 69.0 Å². The third-order valence-electron chi connectivity index (χ3n) is 13.5. The van der Waals surface area contributed by atoms with Gasteiger partial charge >= 0.3 is 12.2 Å². The lowest BCUT2D eigenvalue weighted by Gasteiger charge is -2.34. The maximum absolute atomic E-state index is 14.4. The molecule has 4 aliphatic rings. The molecule has 2 aromatic heterocycles. The van der Waals surface area contributed by atoms with Crippen LogP contribution in [0.15, 0.2) is 91.1 Å². The van der Waals surface area contributed by atoms with E-state index in [2.05, 4.69) is 57.0 Å². The average molecular weight is 897 g/mol. The highest BCUT2D eigenvalue weighted by molar-refractivity contribution is 6.05. The number of hydrogen-bond donors (Lipinski definition) is 4. The Morgan fingerprint density at radius 2 is 1.48 bits per heavy atom. The number of hydrogen-bond acceptors (Lipinski definition) is 11. The van der Waals surface area contributed by atoms with Crippen LogP contribution in [0.1, 0.15) is 67.4 Å². The second kappa shape index (κ2) is 18.2. The molecule has 4 amide bonds. The lowest BCUT2D eigenvalue weighted by molar-refractivity contribution is -0.153. The summed E-state index contributed by atoms with van der Waals surface area (Å²) < 4.78 is 27.5. The number of amides is 4. The van der Waals surface area contributed by atoms with Gasteiger partial charge in [0.25, 0.3) is 5.91 Å². The summed E-state index contributed by atoms with van der Waals surface area (Å²) in [6, 6.07) is 25.2. The van der Waals surface area contributed by atoms with E-state index in [-0.39, 0.29) is 30.3 Å². The van der Waals surface area contributed by atoms with Crippen molar-refractivity contribution in [2.75, 3.05) is 53.7 Å². The molecule has 0 aliphatic carbocycles. The van der Waals surface area contributed by atoms with Gasteiger partial charge in [0.2, 0.25) is 5.91 Å². The number of benzene rings is 4. The fourth-order valence-electron chi connectivity index (χ4n) is 10.1. The number of H-pyrrole nitrogens is 2. The Hall–Kier alpha value is -6.82. The first kappa shape index (κ1) is 43.1. The molecule has 17 heteroatoms. The third-order valence-corrected chi connectivity index (χ3v) is 13.5. The lowest BCUT2D eigenvalue weighted by atomic mass is 9.90. The highest BCUT2D eigenvalue weighted by Crippen LogP contribution is 2.44. The number of methoxy groups -OCH3 is 2. The minimum Gasteiger partial charge on any atom is -0.453 e. The third kappa shape index (κ3) is 8.33. The number of rotatable bonds is 10. The van der Waals surface area contributed by atoms with Crippen LogP contribution in [0, 0.1) is 5.92 Å². The minimum absolute atomic E-state index is 0.0447. The summed E-state index contributed by atoms with van der Waals surface area (Å²) in [6.45, 7) is 2.67. The van der Waals surface area contributed by atoms with Crippen molar-refractivity contribution in [1.29, 1.82) is 0 Å². The molecule has 0 saturated carbocycles. The van der Waals surface area contributed by atoms with Gasteiger partial charge in [0, 0.05) is 31.6 Å². The standard InChI is InChI=1S/C49H52N8O9/c1-62-47(60)54-40(31-7-4-3-5-8-31)46(59)57-28-49(65-23-24-66-49)26-39(57)43-50-27-37(52-43)30-12-10-29(11-13-30)33-14-16-35-34(25-33)15-17-36-42(35)53-44(51-36)38-9-6-20-56(38)45(58)41(55-48(61)63-2)32-18-21-64-22-19-32/h3-5,7-8,10-17,25,27,32,38-41H,6,9,18-24,26,28H2,1-2H3,(H,50,52)(H,51,53)(H,54,60)(H,55,61)/t38-,39-,40+,41-/m0/s1. The monoisotopic (exact) mass is 896 g/mol. The largest absolute Gasteiger partial charge is 0.453 e. The van der Waals surface area contributed by atoms with Gasteiger partial charge in [-0.1, -0.05) is 72.8 Å². The van der Waals surface area contributed by atoms with Crippen LogP contribution in [-0.4, -0.2) is 119 Å². The van der Waals surface area contributed by atoms with Crippen LogP contribution >= 0.6 is 0 Å². The SMILES string of the molecule is COC(=O)N[C@H](C(=O)N1CCC[C@H]1c1nc2c(ccc3cc(-c4ccc(-c5cnc([C@@H]6CC7(CN6C(=O)[C@H](NC(=O)OC)c6ccccc6)OCCO7)[nH]5)cc4)ccc32)[nH]1)C1CCOCC1. The van der Waals surface area contributed by atoms with E-state index in [1.165, 1.54) is 14.2 Å². The van der Waals surface area contributed by atoms with Crippen molar-refractivity contribution in [3.8, 4) is 22.4 Å². The Morgan fingerprint density at radius 3 is 2.24 bits per heavy atom. The number of nitrogens with one attached hydrogen (secondary N) is 4. The number of imidazole rings is 2. The van der Waals surface area contributed by atoms with Crippen LogP contribution in [0.25, 0.3) is 44.2 Å². The van der Waals surface area contributed by atoms with E-state index in [1.807, 2.05) is 41.3 Å². The van der Waals surface area contributed by atoms with E-state index < -0.39 is 36.1 Å². The number of carbonyl (C=O) groups excluding carboxylic acids is 4. The van der Waals surface area contributed by atoms with Crippen LogP contribution in [-0.2, 0) is 33.3 Å². The Bertz CT molecular complexity index is 2750. The van der Waals surface area contributed by atoms with Crippen molar-refractivity contribution >= 4 is 45.8 Å². The fraction of sp³-hybridized carbons (Fsp3) is 0.388. The van der Waals surface area contributed by atoms with Gasteiger partial charge < -0.3 is 54.1 Å². The molecule has 4 fully saturated rings. The van der Waals surface area contributed by atoms with Crippen LogP contribution < -0.4 is 10.6 Å². The van der Waals surface area contributed by atoms with Gasteiger partial charge in [-0.2, -0.15) is 0 Å². The van der Waals surface area contributed by atoms with E-state index in [0.717, 1.165) is 62.9 Å². The fourth-order valence-corrected chi connectivity index (χ4v) is 10.1. The number of aromatic amines is 2. The molecule has 4 N–H and O–H groups in total. The molecule has 0 radical (unpaired) electrons. The van der Waals surface area contributed by atoms with Gasteiger partial charge in [-0.15, -0.1) is 0 Å². The topological polar surface area (TPSA) is 202 Å². The van der Waals surface area contributed by atoms with E-state index in [4.69, 9.17) is 33.7 Å². The van der Waals surface area contributed by atoms with Crippen molar-refractivity contribution < 1.29 is 42.9 Å². The smallest absolute Gasteiger partial charge is 0.407 e. The Labute approximate surface area is 380 Å². The average Bonchev–Trinajstić information content (AvgIpc) is 4.23. The second-order valence-corrected chi connectivity index (χ2v) is 17.3. The summed E-state index contributed by atoms with van der Waals surface area (Å²) in [4.78, 5) is 73.7. The lowest BCUT2D eigenvalue weighted by Crippen LogP contribution is -2.53. The van der Waals surface area contributed by atoms with Gasteiger partial charge in [0.15, 0.2) is 5.79 Å². The first-order chi connectivity index (χ1) is 32.2. The first-order valence-electron chi connectivity index (χ1n) is 22.5. The number of aromatic nitrogens is 4. The zero-order valence-electron chi connectivity index (χ0n) is 36.8. The Balaban J connectivity index is 0.868. The summed E-state index contributed by atoms with van der Waals surface area (Å²) in [5.41, 5.74) is 6.10. The van der Waals surface area contributed by atoms with Crippen molar-refractivity contribution in [1.82, 2.24) is 40.4 Å². The molecule has 6 aromatic rings.